The number of hydrogen-bond donors (Lipinski definition) is 1. The zero-order valence-electron chi connectivity index (χ0n) is 10.4. The van der Waals surface area contributed by atoms with Crippen molar-refractivity contribution in [3.8, 4) is 0 Å². The van der Waals surface area contributed by atoms with Gasteiger partial charge >= 0.3 is 6.03 Å². The molecule has 4 amide bonds. The normalized spacial score (nSPS) is 28.2. The predicted molar refractivity (Wildman–Crippen MR) is 63.5 cm³/mol. The Morgan fingerprint density at radius 2 is 1.61 bits per heavy atom. The molecular formula is C13H18N2O3. The second-order valence-electron chi connectivity index (χ2n) is 5.66. The van der Waals surface area contributed by atoms with Crippen LogP contribution in [0.25, 0.3) is 0 Å². The van der Waals surface area contributed by atoms with E-state index in [1.807, 2.05) is 0 Å². The number of carbonyl (C=O) groups excluding carboxylic acids is 3. The predicted octanol–water partition coefficient (Wildman–Crippen LogP) is 1.57. The van der Waals surface area contributed by atoms with Crippen molar-refractivity contribution in [2.75, 3.05) is 0 Å². The third-order valence-corrected chi connectivity index (χ3v) is 4.65. The lowest BCUT2D eigenvalue weighted by molar-refractivity contribution is -0.152. The van der Waals surface area contributed by atoms with E-state index >= 15 is 0 Å². The summed E-state index contributed by atoms with van der Waals surface area (Å²) < 4.78 is 0. The van der Waals surface area contributed by atoms with Crippen molar-refractivity contribution in [2.45, 2.75) is 57.4 Å². The quantitative estimate of drug-likeness (QED) is 0.718. The fourth-order valence-corrected chi connectivity index (χ4v) is 3.61. The number of carbonyl (C=O) groups is 3. The highest BCUT2D eigenvalue weighted by atomic mass is 16.2. The van der Waals surface area contributed by atoms with Gasteiger partial charge < -0.3 is 0 Å². The van der Waals surface area contributed by atoms with Crippen LogP contribution in [-0.4, -0.2) is 28.8 Å². The Morgan fingerprint density at radius 1 is 1.00 bits per heavy atom. The molecule has 0 radical (unpaired) electrons. The first-order chi connectivity index (χ1) is 8.65. The van der Waals surface area contributed by atoms with Crippen molar-refractivity contribution >= 4 is 17.8 Å². The zero-order valence-corrected chi connectivity index (χ0v) is 10.4. The molecule has 1 aliphatic heterocycles. The molecule has 3 fully saturated rings. The van der Waals surface area contributed by atoms with Crippen LogP contribution in [0.1, 0.15) is 51.4 Å². The van der Waals surface area contributed by atoms with Crippen LogP contribution in [0.2, 0.25) is 0 Å². The summed E-state index contributed by atoms with van der Waals surface area (Å²) in [7, 11) is 0. The van der Waals surface area contributed by atoms with Gasteiger partial charge in [-0.3, -0.25) is 19.8 Å². The van der Waals surface area contributed by atoms with Gasteiger partial charge in [0.1, 0.15) is 5.41 Å². The Labute approximate surface area is 106 Å². The molecule has 5 heteroatoms. The number of urea groups is 1. The number of barbiturate groups is 1. The molecule has 0 aromatic rings. The van der Waals surface area contributed by atoms with E-state index in [9.17, 15) is 14.4 Å². The zero-order chi connectivity index (χ0) is 12.8. The molecule has 1 spiro atoms. The Morgan fingerprint density at radius 3 is 2.22 bits per heavy atom. The van der Waals surface area contributed by atoms with E-state index in [2.05, 4.69) is 5.32 Å². The largest absolute Gasteiger partial charge is 0.331 e. The van der Waals surface area contributed by atoms with Gasteiger partial charge in [0.15, 0.2) is 0 Å². The summed E-state index contributed by atoms with van der Waals surface area (Å²) in [6.45, 7) is 0. The topological polar surface area (TPSA) is 66.5 Å². The van der Waals surface area contributed by atoms with Gasteiger partial charge in [-0.2, -0.15) is 0 Å². The summed E-state index contributed by atoms with van der Waals surface area (Å²) in [6, 6.07) is -0.502. The molecule has 0 aromatic carbocycles. The lowest BCUT2D eigenvalue weighted by Gasteiger charge is -2.39. The standard InChI is InChI=1S/C13H18N2O3/c16-10-13(7-3-4-8-13)11(17)15(12(18)14-10)9-5-1-2-6-9/h9H,1-8H2,(H,14,16,18). The fourth-order valence-electron chi connectivity index (χ4n) is 3.61. The lowest BCUT2D eigenvalue weighted by atomic mass is 9.81. The van der Waals surface area contributed by atoms with Crippen LogP contribution in [0.3, 0.4) is 0 Å². The molecule has 1 saturated heterocycles. The fraction of sp³-hybridized carbons (Fsp3) is 0.769. The molecule has 0 unspecified atom stereocenters. The van der Waals surface area contributed by atoms with Crippen LogP contribution >= 0.6 is 0 Å². The molecule has 18 heavy (non-hydrogen) atoms. The number of nitrogens with zero attached hydrogens (tertiary/aromatic N) is 1. The third-order valence-electron chi connectivity index (χ3n) is 4.65. The van der Waals surface area contributed by atoms with Gasteiger partial charge in [0.25, 0.3) is 0 Å². The second kappa shape index (κ2) is 4.07. The Hall–Kier alpha value is -1.39. The summed E-state index contributed by atoms with van der Waals surface area (Å²) in [5, 5.41) is 2.40. The summed E-state index contributed by atoms with van der Waals surface area (Å²) in [4.78, 5) is 37.9. The average molecular weight is 250 g/mol. The Balaban J connectivity index is 1.92. The van der Waals surface area contributed by atoms with E-state index in [0.717, 1.165) is 38.5 Å². The van der Waals surface area contributed by atoms with Crippen LogP contribution in [-0.2, 0) is 9.59 Å². The molecule has 0 bridgehead atoms. The molecule has 98 valence electrons. The molecule has 1 N–H and O–H groups in total. The maximum absolute atomic E-state index is 12.6. The number of amides is 4. The third kappa shape index (κ3) is 1.49. The minimum absolute atomic E-state index is 0.00285. The van der Waals surface area contributed by atoms with Gasteiger partial charge in [-0.25, -0.2) is 4.79 Å². The van der Waals surface area contributed by atoms with Crippen molar-refractivity contribution < 1.29 is 14.4 Å². The SMILES string of the molecule is O=C1NC(=O)C2(CCCC2)C(=O)N1C1CCCC1. The van der Waals surface area contributed by atoms with Crippen molar-refractivity contribution in [1.29, 1.82) is 0 Å². The first-order valence-electron chi connectivity index (χ1n) is 6.84. The highest BCUT2D eigenvalue weighted by molar-refractivity contribution is 6.19. The Kier molecular flexibility index (Phi) is 2.64. The number of rotatable bonds is 1. The minimum Gasteiger partial charge on any atom is -0.277 e. The number of nitrogens with one attached hydrogen (secondary N) is 1. The minimum atomic E-state index is -0.934. The number of hydrogen-bond acceptors (Lipinski definition) is 3. The van der Waals surface area contributed by atoms with Crippen LogP contribution in [0, 0.1) is 5.41 Å². The molecule has 3 aliphatic rings. The van der Waals surface area contributed by atoms with Crippen molar-refractivity contribution in [3.05, 3.63) is 0 Å². The van der Waals surface area contributed by atoms with Gasteiger partial charge in [-0.1, -0.05) is 25.7 Å². The monoisotopic (exact) mass is 250 g/mol. The summed E-state index contributed by atoms with van der Waals surface area (Å²) in [6.07, 6.45) is 6.85. The van der Waals surface area contributed by atoms with E-state index in [0.29, 0.717) is 12.8 Å². The second-order valence-corrected chi connectivity index (χ2v) is 5.66. The van der Waals surface area contributed by atoms with Crippen LogP contribution < -0.4 is 5.32 Å². The Bertz CT molecular complexity index is 406. The first kappa shape index (κ1) is 11.7. The first-order valence-corrected chi connectivity index (χ1v) is 6.84. The van der Waals surface area contributed by atoms with E-state index in [4.69, 9.17) is 0 Å². The van der Waals surface area contributed by atoms with Gasteiger partial charge in [0.2, 0.25) is 11.8 Å². The van der Waals surface area contributed by atoms with Crippen LogP contribution in [0.5, 0.6) is 0 Å². The maximum Gasteiger partial charge on any atom is 0.331 e. The summed E-state index contributed by atoms with van der Waals surface area (Å²) in [5.41, 5.74) is -0.934. The van der Waals surface area contributed by atoms with Crippen molar-refractivity contribution in [3.63, 3.8) is 0 Å². The molecule has 0 aromatic heterocycles. The molecule has 2 saturated carbocycles. The van der Waals surface area contributed by atoms with E-state index in [1.54, 1.807) is 0 Å². The summed E-state index contributed by atoms with van der Waals surface area (Å²) >= 11 is 0. The molecule has 5 nitrogen and oxygen atoms in total. The van der Waals surface area contributed by atoms with Crippen molar-refractivity contribution in [1.82, 2.24) is 10.2 Å². The average Bonchev–Trinajstić information content (AvgIpc) is 2.99. The highest BCUT2D eigenvalue weighted by Gasteiger charge is 2.56. The number of imide groups is 2. The lowest BCUT2D eigenvalue weighted by Crippen LogP contribution is -2.65. The van der Waals surface area contributed by atoms with E-state index in [-0.39, 0.29) is 17.9 Å². The van der Waals surface area contributed by atoms with E-state index < -0.39 is 11.4 Å². The molecule has 2 aliphatic carbocycles. The van der Waals surface area contributed by atoms with Gasteiger partial charge in [-0.05, 0) is 25.7 Å². The van der Waals surface area contributed by atoms with E-state index in [1.165, 1.54) is 4.90 Å². The van der Waals surface area contributed by atoms with Crippen molar-refractivity contribution in [2.24, 2.45) is 5.41 Å². The molecule has 0 atom stereocenters. The summed E-state index contributed by atoms with van der Waals surface area (Å²) in [5.74, 6) is -0.607. The smallest absolute Gasteiger partial charge is 0.277 e. The van der Waals surface area contributed by atoms with Crippen LogP contribution in [0.15, 0.2) is 0 Å². The van der Waals surface area contributed by atoms with Gasteiger partial charge in [0, 0.05) is 6.04 Å². The van der Waals surface area contributed by atoms with Gasteiger partial charge in [0.05, 0.1) is 0 Å². The molecular weight excluding hydrogens is 232 g/mol. The van der Waals surface area contributed by atoms with Crippen LogP contribution in [0.4, 0.5) is 4.79 Å². The van der Waals surface area contributed by atoms with Gasteiger partial charge in [-0.15, -0.1) is 0 Å². The molecule has 3 rings (SSSR count). The highest BCUT2D eigenvalue weighted by Crippen LogP contribution is 2.43. The maximum atomic E-state index is 12.6. The molecule has 1 heterocycles.